The van der Waals surface area contributed by atoms with Gasteiger partial charge in [-0.05, 0) is 31.9 Å². The standard InChI is InChI=1S/C20H34N4O2S/c1-18(17-21-27(25,26)22(2)19-9-5-3-6-10-19)23-13-15-24(16-14-23)20-11-7-4-8-12-20/h4,7-8,11-12,18-19,21H,3,5-6,9-10,13-17H2,1-2H3. The molecule has 0 radical (unpaired) electrons. The molecule has 1 N–H and O–H groups in total. The molecule has 2 fully saturated rings. The Morgan fingerprint density at radius 1 is 1.07 bits per heavy atom. The summed E-state index contributed by atoms with van der Waals surface area (Å²) in [5, 5.41) is 0. The smallest absolute Gasteiger partial charge is 0.279 e. The number of anilines is 1. The second-order valence-corrected chi connectivity index (χ2v) is 9.68. The maximum atomic E-state index is 12.6. The summed E-state index contributed by atoms with van der Waals surface area (Å²) in [6, 6.07) is 10.8. The van der Waals surface area contributed by atoms with Crippen LogP contribution in [0.4, 0.5) is 5.69 Å². The molecule has 0 amide bonds. The second kappa shape index (κ2) is 9.37. The number of para-hydroxylation sites is 1. The van der Waals surface area contributed by atoms with Crippen LogP contribution in [-0.2, 0) is 10.2 Å². The molecule has 1 aliphatic carbocycles. The molecule has 7 heteroatoms. The normalized spacial score (nSPS) is 21.5. The maximum absolute atomic E-state index is 12.6. The first-order valence-corrected chi connectivity index (χ1v) is 11.7. The van der Waals surface area contributed by atoms with E-state index in [1.165, 1.54) is 12.1 Å². The first kappa shape index (κ1) is 20.6. The van der Waals surface area contributed by atoms with E-state index in [9.17, 15) is 8.42 Å². The highest BCUT2D eigenvalue weighted by Gasteiger charge is 2.28. The van der Waals surface area contributed by atoms with Crippen LogP contribution in [0, 0.1) is 0 Å². The number of hydrogen-bond donors (Lipinski definition) is 1. The minimum atomic E-state index is -3.40. The summed E-state index contributed by atoms with van der Waals surface area (Å²) in [7, 11) is -1.68. The van der Waals surface area contributed by atoms with Crippen LogP contribution in [0.5, 0.6) is 0 Å². The van der Waals surface area contributed by atoms with Gasteiger partial charge in [0.25, 0.3) is 10.2 Å². The van der Waals surface area contributed by atoms with E-state index >= 15 is 0 Å². The van der Waals surface area contributed by atoms with E-state index in [2.05, 4.69) is 45.7 Å². The van der Waals surface area contributed by atoms with Crippen molar-refractivity contribution in [2.45, 2.75) is 51.1 Å². The van der Waals surface area contributed by atoms with Crippen LogP contribution in [0.3, 0.4) is 0 Å². The second-order valence-electron chi connectivity index (χ2n) is 7.87. The molecule has 3 rings (SSSR count). The van der Waals surface area contributed by atoms with Gasteiger partial charge in [0.05, 0.1) is 0 Å². The highest BCUT2D eigenvalue weighted by molar-refractivity contribution is 7.87. The van der Waals surface area contributed by atoms with E-state index in [0.29, 0.717) is 6.54 Å². The Kier molecular flexibility index (Phi) is 7.14. The van der Waals surface area contributed by atoms with Gasteiger partial charge in [0.15, 0.2) is 0 Å². The zero-order valence-electron chi connectivity index (χ0n) is 16.7. The summed E-state index contributed by atoms with van der Waals surface area (Å²) in [5.41, 5.74) is 1.26. The fourth-order valence-electron chi connectivity index (χ4n) is 4.16. The Balaban J connectivity index is 1.46. The molecule has 1 aliphatic heterocycles. The Morgan fingerprint density at radius 3 is 2.33 bits per heavy atom. The van der Waals surface area contributed by atoms with E-state index in [1.807, 2.05) is 6.07 Å². The van der Waals surface area contributed by atoms with Crippen LogP contribution in [0.25, 0.3) is 0 Å². The monoisotopic (exact) mass is 394 g/mol. The molecule has 1 atom stereocenters. The third-order valence-electron chi connectivity index (χ3n) is 6.09. The largest absolute Gasteiger partial charge is 0.369 e. The highest BCUT2D eigenvalue weighted by atomic mass is 32.2. The lowest BCUT2D eigenvalue weighted by atomic mass is 9.96. The number of rotatable bonds is 7. The lowest BCUT2D eigenvalue weighted by Gasteiger charge is -2.39. The molecule has 1 heterocycles. The van der Waals surface area contributed by atoms with Gasteiger partial charge < -0.3 is 4.90 Å². The SMILES string of the molecule is CC(CNS(=O)(=O)N(C)C1CCCCC1)N1CCN(c2ccccc2)CC1. The van der Waals surface area contributed by atoms with Gasteiger partial charge in [0.1, 0.15) is 0 Å². The molecular formula is C20H34N4O2S. The average molecular weight is 395 g/mol. The van der Waals surface area contributed by atoms with E-state index in [1.54, 1.807) is 11.4 Å². The summed E-state index contributed by atoms with van der Waals surface area (Å²) in [5.74, 6) is 0. The molecule has 152 valence electrons. The van der Waals surface area contributed by atoms with E-state index in [0.717, 1.165) is 51.9 Å². The first-order chi connectivity index (χ1) is 13.0. The minimum Gasteiger partial charge on any atom is -0.369 e. The lowest BCUT2D eigenvalue weighted by molar-refractivity contribution is 0.197. The summed E-state index contributed by atoms with van der Waals surface area (Å²) in [6.07, 6.45) is 5.45. The lowest BCUT2D eigenvalue weighted by Crippen LogP contribution is -2.53. The molecule has 2 aliphatic rings. The van der Waals surface area contributed by atoms with Gasteiger partial charge in [-0.1, -0.05) is 37.5 Å². The van der Waals surface area contributed by atoms with Crippen LogP contribution in [0.2, 0.25) is 0 Å². The van der Waals surface area contributed by atoms with Crippen molar-refractivity contribution in [1.29, 1.82) is 0 Å². The van der Waals surface area contributed by atoms with Crippen LogP contribution < -0.4 is 9.62 Å². The van der Waals surface area contributed by atoms with Crippen molar-refractivity contribution in [3.8, 4) is 0 Å². The molecule has 1 saturated carbocycles. The van der Waals surface area contributed by atoms with Gasteiger partial charge in [0.2, 0.25) is 0 Å². The Bertz CT molecular complexity index is 668. The summed E-state index contributed by atoms with van der Waals surface area (Å²) < 4.78 is 29.7. The number of nitrogens with one attached hydrogen (secondary N) is 1. The number of piperazine rings is 1. The zero-order valence-corrected chi connectivity index (χ0v) is 17.5. The average Bonchev–Trinajstić information content (AvgIpc) is 2.73. The quantitative estimate of drug-likeness (QED) is 0.771. The topological polar surface area (TPSA) is 55.9 Å². The van der Waals surface area contributed by atoms with Gasteiger partial charge in [-0.25, -0.2) is 4.72 Å². The minimum absolute atomic E-state index is 0.154. The highest BCUT2D eigenvalue weighted by Crippen LogP contribution is 2.23. The van der Waals surface area contributed by atoms with Crippen LogP contribution in [0.15, 0.2) is 30.3 Å². The molecule has 6 nitrogen and oxygen atoms in total. The fraction of sp³-hybridized carbons (Fsp3) is 0.700. The van der Waals surface area contributed by atoms with Gasteiger partial charge >= 0.3 is 0 Å². The van der Waals surface area contributed by atoms with Crippen molar-refractivity contribution in [2.24, 2.45) is 0 Å². The van der Waals surface area contributed by atoms with Crippen molar-refractivity contribution >= 4 is 15.9 Å². The fourth-order valence-corrected chi connectivity index (χ4v) is 5.42. The Morgan fingerprint density at radius 2 is 1.70 bits per heavy atom. The number of nitrogens with zero attached hydrogens (tertiary/aromatic N) is 3. The Labute approximate surface area is 164 Å². The Hall–Kier alpha value is -1.15. The maximum Gasteiger partial charge on any atom is 0.279 e. The molecule has 0 bridgehead atoms. The summed E-state index contributed by atoms with van der Waals surface area (Å²) >= 11 is 0. The zero-order chi connectivity index (χ0) is 19.3. The molecule has 1 unspecified atom stereocenters. The summed E-state index contributed by atoms with van der Waals surface area (Å²) in [6.45, 7) is 6.44. The van der Waals surface area contributed by atoms with Crippen molar-refractivity contribution < 1.29 is 8.42 Å². The van der Waals surface area contributed by atoms with Crippen LogP contribution >= 0.6 is 0 Å². The molecule has 27 heavy (non-hydrogen) atoms. The molecule has 0 aromatic heterocycles. The van der Waals surface area contributed by atoms with Crippen LogP contribution in [0.1, 0.15) is 39.0 Å². The van der Waals surface area contributed by atoms with Gasteiger partial charge in [-0.15, -0.1) is 0 Å². The molecule has 1 aromatic rings. The third kappa shape index (κ3) is 5.44. The predicted octanol–water partition coefficient (Wildman–Crippen LogP) is 2.30. The van der Waals surface area contributed by atoms with Gasteiger partial charge in [0, 0.05) is 57.5 Å². The molecular weight excluding hydrogens is 360 g/mol. The molecule has 1 saturated heterocycles. The molecule has 1 aromatic carbocycles. The van der Waals surface area contributed by atoms with Crippen LogP contribution in [-0.4, -0.2) is 69.5 Å². The first-order valence-electron chi connectivity index (χ1n) is 10.2. The van der Waals surface area contributed by atoms with Gasteiger partial charge in [-0.3, -0.25) is 4.90 Å². The molecule has 0 spiro atoms. The predicted molar refractivity (Wildman–Crippen MR) is 111 cm³/mol. The third-order valence-corrected chi connectivity index (χ3v) is 7.68. The van der Waals surface area contributed by atoms with E-state index in [-0.39, 0.29) is 12.1 Å². The van der Waals surface area contributed by atoms with Gasteiger partial charge in [-0.2, -0.15) is 12.7 Å². The van der Waals surface area contributed by atoms with Crippen molar-refractivity contribution in [1.82, 2.24) is 13.9 Å². The van der Waals surface area contributed by atoms with Crippen molar-refractivity contribution in [3.63, 3.8) is 0 Å². The van der Waals surface area contributed by atoms with Crippen molar-refractivity contribution in [3.05, 3.63) is 30.3 Å². The van der Waals surface area contributed by atoms with E-state index in [4.69, 9.17) is 0 Å². The number of hydrogen-bond acceptors (Lipinski definition) is 4. The van der Waals surface area contributed by atoms with E-state index < -0.39 is 10.2 Å². The summed E-state index contributed by atoms with van der Waals surface area (Å²) in [4.78, 5) is 4.77. The number of benzene rings is 1. The van der Waals surface area contributed by atoms with Crippen molar-refractivity contribution in [2.75, 3.05) is 44.7 Å².